The number of hydrogen-bond acceptors (Lipinski definition) is 3. The predicted molar refractivity (Wildman–Crippen MR) is 59.1 cm³/mol. The van der Waals surface area contributed by atoms with Gasteiger partial charge < -0.3 is 0 Å². The maximum Gasteiger partial charge on any atom is 0.282 e. The van der Waals surface area contributed by atoms with E-state index in [1.807, 2.05) is 6.92 Å². The molecule has 0 bridgehead atoms. The van der Waals surface area contributed by atoms with E-state index >= 15 is 0 Å². The van der Waals surface area contributed by atoms with Crippen LogP contribution in [0.25, 0.3) is 0 Å². The summed E-state index contributed by atoms with van der Waals surface area (Å²) in [5, 5.41) is 10.8. The molecule has 5 heteroatoms. The van der Waals surface area contributed by atoms with Gasteiger partial charge in [0, 0.05) is 17.2 Å². The van der Waals surface area contributed by atoms with Crippen molar-refractivity contribution in [1.82, 2.24) is 0 Å². The molecule has 0 saturated heterocycles. The van der Waals surface area contributed by atoms with Crippen molar-refractivity contribution >= 4 is 29.1 Å². The molecule has 3 nitrogen and oxygen atoms in total. The molecule has 0 aliphatic rings. The number of thioether (sulfide) groups is 1. The first-order valence-electron chi connectivity index (χ1n) is 4.11. The Balaban J connectivity index is 2.90. The maximum atomic E-state index is 10.7. The van der Waals surface area contributed by atoms with Gasteiger partial charge in [-0.05, 0) is 6.07 Å². The molecule has 0 heterocycles. The van der Waals surface area contributed by atoms with Crippen LogP contribution in [0.2, 0.25) is 0 Å². The molecule has 1 unspecified atom stereocenters. The first kappa shape index (κ1) is 11.3. The van der Waals surface area contributed by atoms with Crippen molar-refractivity contribution < 1.29 is 4.92 Å². The van der Waals surface area contributed by atoms with Crippen molar-refractivity contribution in [2.24, 2.45) is 0 Å². The largest absolute Gasteiger partial charge is 0.282 e. The Bertz CT molecular complexity index is 332. The zero-order valence-electron chi connectivity index (χ0n) is 7.64. The molecule has 1 rings (SSSR count). The number of hydrogen-bond donors (Lipinski definition) is 0. The van der Waals surface area contributed by atoms with Gasteiger partial charge in [-0.1, -0.05) is 19.1 Å². The zero-order valence-corrected chi connectivity index (χ0v) is 9.22. The molecule has 0 radical (unpaired) electrons. The summed E-state index contributed by atoms with van der Waals surface area (Å²) in [6.45, 7) is 1.94. The lowest BCUT2D eigenvalue weighted by Crippen LogP contribution is -1.98. The molecule has 0 N–H and O–H groups in total. The van der Waals surface area contributed by atoms with E-state index in [1.165, 1.54) is 17.8 Å². The molecule has 1 aromatic carbocycles. The summed E-state index contributed by atoms with van der Waals surface area (Å²) in [6.07, 6.45) is 0. The van der Waals surface area contributed by atoms with Crippen LogP contribution in [0.4, 0.5) is 5.69 Å². The van der Waals surface area contributed by atoms with Crippen molar-refractivity contribution in [2.75, 3.05) is 5.88 Å². The Labute approximate surface area is 91.6 Å². The molecule has 14 heavy (non-hydrogen) atoms. The number of halogens is 1. The van der Waals surface area contributed by atoms with Crippen LogP contribution in [-0.4, -0.2) is 16.1 Å². The fraction of sp³-hybridized carbons (Fsp3) is 0.333. The van der Waals surface area contributed by atoms with E-state index in [4.69, 9.17) is 11.6 Å². The fourth-order valence-corrected chi connectivity index (χ4v) is 2.06. The Morgan fingerprint density at radius 1 is 1.57 bits per heavy atom. The topological polar surface area (TPSA) is 43.1 Å². The lowest BCUT2D eigenvalue weighted by atomic mass is 10.3. The minimum Gasteiger partial charge on any atom is -0.258 e. The highest BCUT2D eigenvalue weighted by Gasteiger charge is 2.14. The van der Waals surface area contributed by atoms with E-state index in [9.17, 15) is 10.1 Å². The number of alkyl halides is 1. The Kier molecular flexibility index (Phi) is 4.22. The second kappa shape index (κ2) is 5.22. The Morgan fingerprint density at radius 2 is 2.21 bits per heavy atom. The van der Waals surface area contributed by atoms with Crippen molar-refractivity contribution in [2.45, 2.75) is 17.1 Å². The highest BCUT2D eigenvalue weighted by atomic mass is 35.5. The third-order valence-electron chi connectivity index (χ3n) is 1.61. The second-order valence-electron chi connectivity index (χ2n) is 2.81. The molecule has 0 aromatic heterocycles. The summed E-state index contributed by atoms with van der Waals surface area (Å²) >= 11 is 7.07. The lowest BCUT2D eigenvalue weighted by molar-refractivity contribution is -0.387. The molecule has 0 aliphatic carbocycles. The summed E-state index contributed by atoms with van der Waals surface area (Å²) in [4.78, 5) is 11.0. The summed E-state index contributed by atoms with van der Waals surface area (Å²) in [5.41, 5.74) is 0.148. The first-order chi connectivity index (χ1) is 6.65. The summed E-state index contributed by atoms with van der Waals surface area (Å²) in [7, 11) is 0. The SMILES string of the molecule is CC(CCl)Sc1ccccc1[N+](=O)[O-]. The Morgan fingerprint density at radius 3 is 2.79 bits per heavy atom. The van der Waals surface area contributed by atoms with Gasteiger partial charge in [0.25, 0.3) is 5.69 Å². The summed E-state index contributed by atoms with van der Waals surface area (Å²) in [5.74, 6) is 0.483. The van der Waals surface area contributed by atoms with Gasteiger partial charge in [0.15, 0.2) is 0 Å². The second-order valence-corrected chi connectivity index (χ2v) is 4.60. The number of nitro groups is 1. The van der Waals surface area contributed by atoms with Gasteiger partial charge in [-0.3, -0.25) is 10.1 Å². The van der Waals surface area contributed by atoms with Gasteiger partial charge in [0.1, 0.15) is 0 Å². The van der Waals surface area contributed by atoms with E-state index in [2.05, 4.69) is 0 Å². The molecule has 1 aromatic rings. The van der Waals surface area contributed by atoms with Gasteiger partial charge in [-0.25, -0.2) is 0 Å². The number of nitrogens with zero attached hydrogens (tertiary/aromatic N) is 1. The van der Waals surface area contributed by atoms with E-state index < -0.39 is 0 Å². The molecule has 0 aliphatic heterocycles. The van der Waals surface area contributed by atoms with Crippen molar-refractivity contribution in [3.05, 3.63) is 34.4 Å². The third-order valence-corrected chi connectivity index (χ3v) is 3.42. The van der Waals surface area contributed by atoms with Crippen molar-refractivity contribution in [1.29, 1.82) is 0 Å². The van der Waals surface area contributed by atoms with Crippen molar-refractivity contribution in [3.8, 4) is 0 Å². The van der Waals surface area contributed by atoms with Gasteiger partial charge >= 0.3 is 0 Å². The molecule has 0 spiro atoms. The number of nitro benzene ring substituents is 1. The van der Waals surface area contributed by atoms with E-state index in [-0.39, 0.29) is 15.9 Å². The molecule has 0 saturated carbocycles. The Hall–Kier alpha value is -0.740. The van der Waals surface area contributed by atoms with Crippen LogP contribution in [0.1, 0.15) is 6.92 Å². The molecule has 1 atom stereocenters. The van der Waals surface area contributed by atoms with Crippen LogP contribution < -0.4 is 0 Å². The van der Waals surface area contributed by atoms with Crippen LogP contribution in [0, 0.1) is 10.1 Å². The first-order valence-corrected chi connectivity index (χ1v) is 5.52. The fourth-order valence-electron chi connectivity index (χ4n) is 0.956. The third kappa shape index (κ3) is 2.89. The normalized spacial score (nSPS) is 12.4. The van der Waals surface area contributed by atoms with Gasteiger partial charge in [-0.2, -0.15) is 0 Å². The minimum absolute atomic E-state index is 0.148. The lowest BCUT2D eigenvalue weighted by Gasteiger charge is -2.06. The van der Waals surface area contributed by atoms with E-state index in [0.29, 0.717) is 10.8 Å². The van der Waals surface area contributed by atoms with Gasteiger partial charge in [-0.15, -0.1) is 23.4 Å². The average Bonchev–Trinajstić information content (AvgIpc) is 2.18. The van der Waals surface area contributed by atoms with Crippen LogP contribution in [0.3, 0.4) is 0 Å². The van der Waals surface area contributed by atoms with Gasteiger partial charge in [0.2, 0.25) is 0 Å². The molecular weight excluding hydrogens is 222 g/mol. The zero-order chi connectivity index (χ0) is 10.6. The molecule has 0 fully saturated rings. The number of para-hydroxylation sites is 1. The smallest absolute Gasteiger partial charge is 0.258 e. The highest BCUT2D eigenvalue weighted by molar-refractivity contribution is 8.00. The van der Waals surface area contributed by atoms with Crippen LogP contribution >= 0.6 is 23.4 Å². The standard InChI is InChI=1S/C9H10ClNO2S/c1-7(6-10)14-9-5-3-2-4-8(9)11(12)13/h2-5,7H,6H2,1H3. The van der Waals surface area contributed by atoms with Gasteiger partial charge in [0.05, 0.1) is 9.82 Å². The number of rotatable bonds is 4. The molecule has 0 amide bonds. The van der Waals surface area contributed by atoms with Crippen LogP contribution in [-0.2, 0) is 0 Å². The van der Waals surface area contributed by atoms with E-state index in [1.54, 1.807) is 18.2 Å². The monoisotopic (exact) mass is 231 g/mol. The minimum atomic E-state index is -0.372. The number of benzene rings is 1. The molecule has 76 valence electrons. The average molecular weight is 232 g/mol. The predicted octanol–water partition coefficient (Wildman–Crippen LogP) is 3.31. The quantitative estimate of drug-likeness (QED) is 0.346. The summed E-state index contributed by atoms with van der Waals surface area (Å²) in [6, 6.07) is 6.69. The van der Waals surface area contributed by atoms with Crippen molar-refractivity contribution in [3.63, 3.8) is 0 Å². The van der Waals surface area contributed by atoms with Crippen LogP contribution in [0.5, 0.6) is 0 Å². The highest BCUT2D eigenvalue weighted by Crippen LogP contribution is 2.31. The van der Waals surface area contributed by atoms with Crippen LogP contribution in [0.15, 0.2) is 29.2 Å². The van der Waals surface area contributed by atoms with E-state index in [0.717, 1.165) is 0 Å². The maximum absolute atomic E-state index is 10.7. The molecular formula is C9H10ClNO2S. The summed E-state index contributed by atoms with van der Waals surface area (Å²) < 4.78 is 0.